The number of phenolic OH excluding ortho intramolecular Hbond substituents is 1. The summed E-state index contributed by atoms with van der Waals surface area (Å²) in [6, 6.07) is 6.95. The molecule has 1 aromatic carbocycles. The van der Waals surface area contributed by atoms with Crippen molar-refractivity contribution in [3.05, 3.63) is 36.0 Å². The van der Waals surface area contributed by atoms with Gasteiger partial charge in [0.1, 0.15) is 5.75 Å². The Labute approximate surface area is 88.5 Å². The second kappa shape index (κ2) is 3.55. The molecule has 16 heavy (non-hydrogen) atoms. The minimum Gasteiger partial charge on any atom is -0.507 e. The van der Waals surface area contributed by atoms with E-state index in [1.165, 1.54) is 12.1 Å². The van der Waals surface area contributed by atoms with Gasteiger partial charge in [0.15, 0.2) is 5.69 Å². The van der Waals surface area contributed by atoms with Gasteiger partial charge in [-0.3, -0.25) is 5.10 Å². The summed E-state index contributed by atoms with van der Waals surface area (Å²) in [5.74, 6) is -0.0973. The standard InChI is InChI=1S/C10H7F3N2O/c11-10(12,13)9-5-7(14-15-9)6-3-1-2-4-8(6)16/h1-5,16H,(H,14,15). The van der Waals surface area contributed by atoms with Gasteiger partial charge in [-0.05, 0) is 18.2 Å². The Morgan fingerprint density at radius 3 is 2.44 bits per heavy atom. The number of nitrogens with zero attached hydrogens (tertiary/aromatic N) is 1. The number of para-hydroxylation sites is 1. The first-order valence-electron chi connectivity index (χ1n) is 4.39. The summed E-state index contributed by atoms with van der Waals surface area (Å²) in [6.45, 7) is 0. The smallest absolute Gasteiger partial charge is 0.435 e. The van der Waals surface area contributed by atoms with Gasteiger partial charge in [-0.25, -0.2) is 0 Å². The van der Waals surface area contributed by atoms with E-state index in [-0.39, 0.29) is 17.0 Å². The summed E-state index contributed by atoms with van der Waals surface area (Å²) in [5, 5.41) is 14.8. The third-order valence-corrected chi connectivity index (χ3v) is 2.06. The molecular weight excluding hydrogens is 221 g/mol. The van der Waals surface area contributed by atoms with Crippen LogP contribution >= 0.6 is 0 Å². The van der Waals surface area contributed by atoms with Crippen molar-refractivity contribution in [2.45, 2.75) is 6.18 Å². The number of hydrogen-bond acceptors (Lipinski definition) is 2. The Morgan fingerprint density at radius 2 is 1.88 bits per heavy atom. The average Bonchev–Trinajstić information content (AvgIpc) is 2.66. The largest absolute Gasteiger partial charge is 0.507 e. The Balaban J connectivity index is 2.44. The summed E-state index contributed by atoms with van der Waals surface area (Å²) in [5.41, 5.74) is -0.596. The zero-order chi connectivity index (χ0) is 11.8. The maximum absolute atomic E-state index is 12.3. The lowest BCUT2D eigenvalue weighted by molar-refractivity contribution is -0.141. The van der Waals surface area contributed by atoms with Crippen LogP contribution in [0.3, 0.4) is 0 Å². The fourth-order valence-electron chi connectivity index (χ4n) is 1.31. The van der Waals surface area contributed by atoms with E-state index < -0.39 is 11.9 Å². The van der Waals surface area contributed by atoms with Gasteiger partial charge < -0.3 is 5.11 Å². The minimum absolute atomic E-state index is 0.0973. The molecule has 0 aliphatic rings. The highest BCUT2D eigenvalue weighted by Crippen LogP contribution is 2.32. The topological polar surface area (TPSA) is 48.9 Å². The van der Waals surface area contributed by atoms with E-state index in [1.807, 2.05) is 0 Å². The molecule has 3 nitrogen and oxygen atoms in total. The molecule has 0 saturated heterocycles. The fourth-order valence-corrected chi connectivity index (χ4v) is 1.31. The molecule has 2 aromatic rings. The quantitative estimate of drug-likeness (QED) is 0.788. The number of nitrogens with one attached hydrogen (secondary N) is 1. The first-order valence-corrected chi connectivity index (χ1v) is 4.39. The van der Waals surface area contributed by atoms with Gasteiger partial charge in [0.25, 0.3) is 0 Å². The van der Waals surface area contributed by atoms with Crippen LogP contribution in [0, 0.1) is 0 Å². The lowest BCUT2D eigenvalue weighted by atomic mass is 10.1. The number of hydrogen-bond donors (Lipinski definition) is 2. The van der Waals surface area contributed by atoms with Crippen molar-refractivity contribution in [3.8, 4) is 17.0 Å². The van der Waals surface area contributed by atoms with Gasteiger partial charge in [-0.2, -0.15) is 18.3 Å². The first-order chi connectivity index (χ1) is 7.48. The molecule has 1 aromatic heterocycles. The molecule has 6 heteroatoms. The number of halogens is 3. The number of aromatic amines is 1. The molecule has 0 spiro atoms. The monoisotopic (exact) mass is 228 g/mol. The first kappa shape index (κ1) is 10.5. The normalized spacial score (nSPS) is 11.7. The molecule has 0 radical (unpaired) electrons. The van der Waals surface area contributed by atoms with Gasteiger partial charge in [-0.15, -0.1) is 0 Å². The number of phenols is 1. The molecule has 0 aliphatic carbocycles. The van der Waals surface area contributed by atoms with E-state index in [0.717, 1.165) is 6.07 Å². The van der Waals surface area contributed by atoms with Crippen molar-refractivity contribution in [3.63, 3.8) is 0 Å². The summed E-state index contributed by atoms with van der Waals surface area (Å²) < 4.78 is 36.8. The van der Waals surface area contributed by atoms with Crippen molar-refractivity contribution in [1.29, 1.82) is 0 Å². The highest BCUT2D eigenvalue weighted by Gasteiger charge is 2.34. The number of rotatable bonds is 1. The highest BCUT2D eigenvalue weighted by atomic mass is 19.4. The zero-order valence-electron chi connectivity index (χ0n) is 7.92. The van der Waals surface area contributed by atoms with Crippen LogP contribution < -0.4 is 0 Å². The summed E-state index contributed by atoms with van der Waals surface area (Å²) >= 11 is 0. The third-order valence-electron chi connectivity index (χ3n) is 2.06. The molecule has 0 unspecified atom stereocenters. The van der Waals surface area contributed by atoms with Gasteiger partial charge in [0, 0.05) is 5.56 Å². The molecule has 0 bridgehead atoms. The van der Waals surface area contributed by atoms with Crippen LogP contribution in [0.4, 0.5) is 13.2 Å². The number of aromatic hydroxyl groups is 1. The number of aromatic nitrogens is 2. The summed E-state index contributed by atoms with van der Waals surface area (Å²) in [6.07, 6.45) is -4.49. The second-order valence-electron chi connectivity index (χ2n) is 3.18. The van der Waals surface area contributed by atoms with Crippen LogP contribution in [0.15, 0.2) is 30.3 Å². The summed E-state index contributed by atoms with van der Waals surface area (Å²) in [4.78, 5) is 0. The molecule has 0 fully saturated rings. The molecule has 84 valence electrons. The molecule has 1 heterocycles. The molecule has 0 aliphatic heterocycles. The number of alkyl halides is 3. The van der Waals surface area contributed by atoms with Crippen molar-refractivity contribution in [1.82, 2.24) is 10.2 Å². The van der Waals surface area contributed by atoms with Crippen molar-refractivity contribution in [2.24, 2.45) is 0 Å². The lowest BCUT2D eigenvalue weighted by Crippen LogP contribution is -2.04. The van der Waals surface area contributed by atoms with Crippen LogP contribution in [0.2, 0.25) is 0 Å². The Hall–Kier alpha value is -1.98. The maximum Gasteiger partial charge on any atom is 0.435 e. The molecule has 0 amide bonds. The van der Waals surface area contributed by atoms with E-state index >= 15 is 0 Å². The van der Waals surface area contributed by atoms with Gasteiger partial charge in [0.2, 0.25) is 0 Å². The van der Waals surface area contributed by atoms with E-state index in [2.05, 4.69) is 10.2 Å². The van der Waals surface area contributed by atoms with Crippen LogP contribution in [0.1, 0.15) is 5.69 Å². The molecule has 0 saturated carbocycles. The van der Waals surface area contributed by atoms with Crippen molar-refractivity contribution < 1.29 is 18.3 Å². The minimum atomic E-state index is -4.49. The third kappa shape index (κ3) is 1.86. The Morgan fingerprint density at radius 1 is 1.19 bits per heavy atom. The van der Waals surface area contributed by atoms with E-state index in [4.69, 9.17) is 0 Å². The van der Waals surface area contributed by atoms with Crippen LogP contribution in [0.25, 0.3) is 11.3 Å². The zero-order valence-corrected chi connectivity index (χ0v) is 7.92. The van der Waals surface area contributed by atoms with Gasteiger partial charge in [-0.1, -0.05) is 12.1 Å². The molecule has 0 atom stereocenters. The second-order valence-corrected chi connectivity index (χ2v) is 3.18. The molecule has 2 rings (SSSR count). The van der Waals surface area contributed by atoms with Gasteiger partial charge in [0.05, 0.1) is 5.69 Å². The van der Waals surface area contributed by atoms with Crippen LogP contribution in [-0.2, 0) is 6.18 Å². The van der Waals surface area contributed by atoms with Crippen LogP contribution in [-0.4, -0.2) is 15.3 Å². The van der Waals surface area contributed by atoms with E-state index in [0.29, 0.717) is 0 Å². The summed E-state index contributed by atoms with van der Waals surface area (Å²) in [7, 11) is 0. The van der Waals surface area contributed by atoms with Crippen molar-refractivity contribution in [2.75, 3.05) is 0 Å². The van der Waals surface area contributed by atoms with E-state index in [9.17, 15) is 18.3 Å². The average molecular weight is 228 g/mol. The highest BCUT2D eigenvalue weighted by molar-refractivity contribution is 5.66. The molecular formula is C10H7F3N2O. The van der Waals surface area contributed by atoms with Crippen molar-refractivity contribution >= 4 is 0 Å². The predicted octanol–water partition coefficient (Wildman–Crippen LogP) is 2.80. The number of H-pyrrole nitrogens is 1. The molecule has 2 N–H and O–H groups in total. The predicted molar refractivity (Wildman–Crippen MR) is 50.7 cm³/mol. The fraction of sp³-hybridized carbons (Fsp3) is 0.100. The number of benzene rings is 1. The van der Waals surface area contributed by atoms with Crippen LogP contribution in [0.5, 0.6) is 5.75 Å². The van der Waals surface area contributed by atoms with E-state index in [1.54, 1.807) is 12.1 Å². The maximum atomic E-state index is 12.3. The SMILES string of the molecule is Oc1ccccc1-c1cc(C(F)(F)F)n[nH]1. The lowest BCUT2D eigenvalue weighted by Gasteiger charge is -2.00. The Kier molecular flexibility index (Phi) is 2.34. The van der Waals surface area contributed by atoms with Gasteiger partial charge >= 0.3 is 6.18 Å². The Bertz CT molecular complexity index is 505.